The first kappa shape index (κ1) is 14.8. The zero-order valence-electron chi connectivity index (χ0n) is 12.2. The van der Waals surface area contributed by atoms with Crippen molar-refractivity contribution in [3.8, 4) is 0 Å². The van der Waals surface area contributed by atoms with Gasteiger partial charge in [-0.3, -0.25) is 14.5 Å². The van der Waals surface area contributed by atoms with Crippen LogP contribution >= 0.6 is 0 Å². The Labute approximate surface area is 119 Å². The van der Waals surface area contributed by atoms with Crippen LogP contribution in [0.25, 0.3) is 0 Å². The molecule has 20 heavy (non-hydrogen) atoms. The first-order valence-corrected chi connectivity index (χ1v) is 7.09. The monoisotopic (exact) mass is 279 g/mol. The van der Waals surface area contributed by atoms with Crippen LogP contribution in [0.5, 0.6) is 0 Å². The van der Waals surface area contributed by atoms with Crippen LogP contribution in [0.4, 0.5) is 0 Å². The molecule has 0 spiro atoms. The highest BCUT2D eigenvalue weighted by Crippen LogP contribution is 2.44. The van der Waals surface area contributed by atoms with Gasteiger partial charge in [-0.1, -0.05) is 19.4 Å². The van der Waals surface area contributed by atoms with Gasteiger partial charge in [-0.15, -0.1) is 0 Å². The summed E-state index contributed by atoms with van der Waals surface area (Å²) >= 11 is 0. The van der Waals surface area contributed by atoms with Crippen molar-refractivity contribution < 1.29 is 19.1 Å². The summed E-state index contributed by atoms with van der Waals surface area (Å²) in [7, 11) is 1.31. The lowest BCUT2D eigenvalue weighted by atomic mass is 10.00. The zero-order valence-corrected chi connectivity index (χ0v) is 12.2. The van der Waals surface area contributed by atoms with Gasteiger partial charge in [0.25, 0.3) is 0 Å². The lowest BCUT2D eigenvalue weighted by Crippen LogP contribution is -2.32. The van der Waals surface area contributed by atoms with E-state index >= 15 is 0 Å². The maximum absolute atomic E-state index is 12.3. The number of amides is 2. The molecule has 0 bridgehead atoms. The van der Waals surface area contributed by atoms with Crippen molar-refractivity contribution in [1.29, 1.82) is 0 Å². The highest BCUT2D eigenvalue weighted by atomic mass is 16.5. The molecule has 2 rings (SSSR count). The quantitative estimate of drug-likeness (QED) is 0.445. The Morgan fingerprint density at radius 3 is 2.30 bits per heavy atom. The molecule has 0 aromatic heterocycles. The van der Waals surface area contributed by atoms with Gasteiger partial charge >= 0.3 is 5.97 Å². The van der Waals surface area contributed by atoms with E-state index in [0.717, 1.165) is 19.3 Å². The molecular weight excluding hydrogens is 258 g/mol. The molecule has 0 N–H and O–H groups in total. The summed E-state index contributed by atoms with van der Waals surface area (Å²) < 4.78 is 4.59. The SMILES string of the molecule is CCC1CC2C(=O)N(C/C=C(/C)C(=O)OC)C(=O)C2C1. The Kier molecular flexibility index (Phi) is 4.26. The van der Waals surface area contributed by atoms with Gasteiger partial charge < -0.3 is 4.74 Å². The smallest absolute Gasteiger partial charge is 0.333 e. The molecule has 1 aliphatic carbocycles. The summed E-state index contributed by atoms with van der Waals surface area (Å²) in [5.41, 5.74) is 0.414. The number of imide groups is 1. The molecule has 0 aromatic carbocycles. The van der Waals surface area contributed by atoms with Gasteiger partial charge in [-0.05, 0) is 25.7 Å². The second-order valence-electron chi connectivity index (χ2n) is 5.62. The minimum absolute atomic E-state index is 0.0788. The van der Waals surface area contributed by atoms with Crippen molar-refractivity contribution in [2.45, 2.75) is 33.1 Å². The number of esters is 1. The van der Waals surface area contributed by atoms with Crippen LogP contribution in [0.15, 0.2) is 11.6 Å². The third-order valence-electron chi connectivity index (χ3n) is 4.49. The highest BCUT2D eigenvalue weighted by molar-refractivity contribution is 6.05. The summed E-state index contributed by atoms with van der Waals surface area (Å²) in [6.45, 7) is 3.88. The van der Waals surface area contributed by atoms with Crippen LogP contribution in [0.1, 0.15) is 33.1 Å². The Hall–Kier alpha value is -1.65. The molecule has 5 heteroatoms. The number of nitrogens with zero attached hydrogens (tertiary/aromatic N) is 1. The summed E-state index contributed by atoms with van der Waals surface area (Å²) in [5.74, 6) is -0.379. The van der Waals surface area contributed by atoms with Crippen LogP contribution < -0.4 is 0 Å². The van der Waals surface area contributed by atoms with Crippen molar-refractivity contribution in [2.24, 2.45) is 17.8 Å². The highest BCUT2D eigenvalue weighted by Gasteiger charge is 2.51. The van der Waals surface area contributed by atoms with Crippen molar-refractivity contribution in [3.05, 3.63) is 11.6 Å². The van der Waals surface area contributed by atoms with Crippen LogP contribution in [-0.4, -0.2) is 36.3 Å². The van der Waals surface area contributed by atoms with Gasteiger partial charge in [0.05, 0.1) is 18.9 Å². The minimum atomic E-state index is -0.435. The Balaban J connectivity index is 2.04. The number of fused-ring (bicyclic) bond motifs is 1. The third kappa shape index (κ3) is 2.49. The third-order valence-corrected chi connectivity index (χ3v) is 4.49. The molecule has 2 fully saturated rings. The van der Waals surface area contributed by atoms with Crippen LogP contribution in [0.3, 0.4) is 0 Å². The molecule has 2 amide bonds. The van der Waals surface area contributed by atoms with E-state index in [1.54, 1.807) is 13.0 Å². The maximum Gasteiger partial charge on any atom is 0.333 e. The molecule has 0 aromatic rings. The predicted octanol–water partition coefficient (Wildman–Crippen LogP) is 1.53. The van der Waals surface area contributed by atoms with Gasteiger partial charge in [0.15, 0.2) is 0 Å². The largest absolute Gasteiger partial charge is 0.466 e. The van der Waals surface area contributed by atoms with Crippen molar-refractivity contribution >= 4 is 17.8 Å². The van der Waals surface area contributed by atoms with Crippen LogP contribution in [0, 0.1) is 17.8 Å². The molecule has 2 aliphatic rings. The minimum Gasteiger partial charge on any atom is -0.466 e. The first-order chi connectivity index (χ1) is 9.49. The van der Waals surface area contributed by atoms with Gasteiger partial charge in [-0.2, -0.15) is 0 Å². The van der Waals surface area contributed by atoms with Gasteiger partial charge in [-0.25, -0.2) is 4.79 Å². The molecule has 110 valence electrons. The van der Waals surface area contributed by atoms with E-state index in [0.29, 0.717) is 11.5 Å². The number of ether oxygens (including phenoxy) is 1. The van der Waals surface area contributed by atoms with Crippen LogP contribution in [0.2, 0.25) is 0 Å². The maximum atomic E-state index is 12.3. The molecule has 2 unspecified atom stereocenters. The number of methoxy groups -OCH3 is 1. The van der Waals surface area contributed by atoms with Crippen molar-refractivity contribution in [2.75, 3.05) is 13.7 Å². The van der Waals surface area contributed by atoms with E-state index in [-0.39, 0.29) is 30.2 Å². The van der Waals surface area contributed by atoms with Gasteiger partial charge in [0, 0.05) is 12.1 Å². The summed E-state index contributed by atoms with van der Waals surface area (Å²) in [6.07, 6.45) is 4.25. The molecule has 1 saturated carbocycles. The Morgan fingerprint density at radius 1 is 1.30 bits per heavy atom. The summed E-state index contributed by atoms with van der Waals surface area (Å²) in [6, 6.07) is 0. The lowest BCUT2D eigenvalue weighted by molar-refractivity contribution is -0.140. The molecule has 1 aliphatic heterocycles. The van der Waals surface area contributed by atoms with E-state index in [9.17, 15) is 14.4 Å². The summed E-state index contributed by atoms with van der Waals surface area (Å²) in [4.78, 5) is 37.1. The molecule has 1 saturated heterocycles. The lowest BCUT2D eigenvalue weighted by Gasteiger charge is -2.15. The Bertz CT molecular complexity index is 444. The summed E-state index contributed by atoms with van der Waals surface area (Å²) in [5, 5.41) is 0. The number of rotatable bonds is 4. The number of carbonyl (C=O) groups excluding carboxylic acids is 3. The van der Waals surface area contributed by atoms with Crippen molar-refractivity contribution in [3.63, 3.8) is 0 Å². The van der Waals surface area contributed by atoms with E-state index in [1.165, 1.54) is 12.0 Å². The van der Waals surface area contributed by atoms with Gasteiger partial charge in [0.1, 0.15) is 0 Å². The van der Waals surface area contributed by atoms with E-state index < -0.39 is 5.97 Å². The number of carbonyl (C=O) groups is 3. The molecule has 5 nitrogen and oxygen atoms in total. The van der Waals surface area contributed by atoms with Crippen molar-refractivity contribution in [1.82, 2.24) is 4.90 Å². The average molecular weight is 279 g/mol. The molecular formula is C15H21NO4. The van der Waals surface area contributed by atoms with Crippen LogP contribution in [-0.2, 0) is 19.1 Å². The van der Waals surface area contributed by atoms with Gasteiger partial charge in [0.2, 0.25) is 11.8 Å². The predicted molar refractivity (Wildman–Crippen MR) is 72.5 cm³/mol. The van der Waals surface area contributed by atoms with E-state index in [2.05, 4.69) is 11.7 Å². The fourth-order valence-electron chi connectivity index (χ4n) is 3.18. The first-order valence-electron chi connectivity index (χ1n) is 7.09. The van der Waals surface area contributed by atoms with E-state index in [1.807, 2.05) is 0 Å². The average Bonchev–Trinajstić information content (AvgIpc) is 2.97. The number of hydrogen-bond donors (Lipinski definition) is 0. The topological polar surface area (TPSA) is 63.7 Å². The second-order valence-corrected chi connectivity index (χ2v) is 5.62. The molecule has 1 heterocycles. The fourth-order valence-corrected chi connectivity index (χ4v) is 3.18. The molecule has 2 atom stereocenters. The standard InChI is InChI=1S/C15H21NO4/c1-4-10-7-11-12(8-10)14(18)16(13(11)17)6-5-9(2)15(19)20-3/h5,10-12H,4,6-8H2,1-3H3/b9-5-. The second kappa shape index (κ2) is 5.77. The van der Waals surface area contributed by atoms with E-state index in [4.69, 9.17) is 0 Å². The number of hydrogen-bond acceptors (Lipinski definition) is 4. The fraction of sp³-hybridized carbons (Fsp3) is 0.667. The Morgan fingerprint density at radius 2 is 1.85 bits per heavy atom. The normalized spacial score (nSPS) is 29.9. The molecule has 0 radical (unpaired) electrons. The number of likely N-dealkylation sites (tertiary alicyclic amines) is 1. The zero-order chi connectivity index (χ0) is 14.9.